The molecule has 0 aromatic heterocycles. The lowest BCUT2D eigenvalue weighted by Crippen LogP contribution is -2.47. The minimum atomic E-state index is -0.264. The summed E-state index contributed by atoms with van der Waals surface area (Å²) in [4.78, 5) is 14.6. The lowest BCUT2D eigenvalue weighted by molar-refractivity contribution is -0.139. The number of aryl methyl sites for hydroxylation is 2. The fourth-order valence-electron chi connectivity index (χ4n) is 2.49. The van der Waals surface area contributed by atoms with Gasteiger partial charge in [0.25, 0.3) is 5.91 Å². The van der Waals surface area contributed by atoms with Crippen molar-refractivity contribution in [3.8, 4) is 5.75 Å². The SMILES string of the molecule is Cc1ccc(OCC(=O)N(Cc2ccccc2)C(C)(C)C)cc1C. The highest BCUT2D eigenvalue weighted by Gasteiger charge is 2.26. The standard InChI is InChI=1S/C21H27NO2/c1-16-11-12-19(13-17(16)2)24-15-20(23)22(21(3,4)5)14-18-9-7-6-8-10-18/h6-13H,14-15H2,1-5H3. The largest absolute Gasteiger partial charge is 0.484 e. The Hall–Kier alpha value is -2.29. The van der Waals surface area contributed by atoms with Crippen molar-refractivity contribution in [1.82, 2.24) is 4.90 Å². The number of hydrogen-bond acceptors (Lipinski definition) is 2. The molecule has 2 aromatic carbocycles. The number of carbonyl (C=O) groups excluding carboxylic acids is 1. The van der Waals surface area contributed by atoms with Crippen LogP contribution < -0.4 is 4.74 Å². The quantitative estimate of drug-likeness (QED) is 0.809. The zero-order chi connectivity index (χ0) is 17.7. The second kappa shape index (κ2) is 7.52. The van der Waals surface area contributed by atoms with Gasteiger partial charge in [-0.1, -0.05) is 36.4 Å². The minimum absolute atomic E-state index is 0.00965. The van der Waals surface area contributed by atoms with Gasteiger partial charge in [0, 0.05) is 12.1 Å². The number of ether oxygens (including phenoxy) is 1. The van der Waals surface area contributed by atoms with E-state index in [1.807, 2.05) is 81.1 Å². The number of hydrogen-bond donors (Lipinski definition) is 0. The molecule has 0 aliphatic rings. The summed E-state index contributed by atoms with van der Waals surface area (Å²) < 4.78 is 5.73. The Balaban J connectivity index is 2.06. The molecule has 0 saturated carbocycles. The number of rotatable bonds is 5. The molecule has 3 heteroatoms. The first-order chi connectivity index (χ1) is 11.3. The summed E-state index contributed by atoms with van der Waals surface area (Å²) in [6, 6.07) is 15.9. The third-order valence-corrected chi connectivity index (χ3v) is 4.14. The van der Waals surface area contributed by atoms with Crippen molar-refractivity contribution in [2.45, 2.75) is 46.7 Å². The molecule has 0 fully saturated rings. The summed E-state index contributed by atoms with van der Waals surface area (Å²) in [7, 11) is 0. The van der Waals surface area contributed by atoms with Gasteiger partial charge in [0.2, 0.25) is 0 Å². The Kier molecular flexibility index (Phi) is 5.66. The van der Waals surface area contributed by atoms with Crippen LogP contribution >= 0.6 is 0 Å². The minimum Gasteiger partial charge on any atom is -0.484 e. The highest BCUT2D eigenvalue weighted by atomic mass is 16.5. The fraction of sp³-hybridized carbons (Fsp3) is 0.381. The van der Waals surface area contributed by atoms with Crippen LogP contribution in [0.5, 0.6) is 5.75 Å². The zero-order valence-electron chi connectivity index (χ0n) is 15.3. The van der Waals surface area contributed by atoms with Crippen molar-refractivity contribution in [2.75, 3.05) is 6.61 Å². The van der Waals surface area contributed by atoms with Crippen LogP contribution in [0.2, 0.25) is 0 Å². The summed E-state index contributed by atoms with van der Waals surface area (Å²) in [6.07, 6.45) is 0. The van der Waals surface area contributed by atoms with Crippen molar-refractivity contribution in [2.24, 2.45) is 0 Å². The molecule has 0 atom stereocenters. The van der Waals surface area contributed by atoms with E-state index in [1.165, 1.54) is 5.56 Å². The zero-order valence-corrected chi connectivity index (χ0v) is 15.3. The lowest BCUT2D eigenvalue weighted by atomic mass is 10.0. The Labute approximate surface area is 145 Å². The molecule has 24 heavy (non-hydrogen) atoms. The average Bonchev–Trinajstić information content (AvgIpc) is 2.53. The van der Waals surface area contributed by atoms with Crippen LogP contribution in [0.3, 0.4) is 0 Å². The van der Waals surface area contributed by atoms with Gasteiger partial charge in [0.15, 0.2) is 6.61 Å². The highest BCUT2D eigenvalue weighted by molar-refractivity contribution is 5.78. The molecule has 128 valence electrons. The molecule has 3 nitrogen and oxygen atoms in total. The maximum atomic E-state index is 12.7. The second-order valence-corrected chi connectivity index (χ2v) is 7.17. The summed E-state index contributed by atoms with van der Waals surface area (Å²) >= 11 is 0. The molecule has 1 amide bonds. The molecular formula is C21H27NO2. The third-order valence-electron chi connectivity index (χ3n) is 4.14. The maximum absolute atomic E-state index is 12.7. The van der Waals surface area contributed by atoms with Crippen molar-refractivity contribution in [3.63, 3.8) is 0 Å². The lowest BCUT2D eigenvalue weighted by Gasteiger charge is -2.35. The number of nitrogens with zero attached hydrogens (tertiary/aromatic N) is 1. The van der Waals surface area contributed by atoms with Crippen LogP contribution in [0.25, 0.3) is 0 Å². The molecule has 0 aliphatic carbocycles. The molecule has 0 saturated heterocycles. The number of benzene rings is 2. The van der Waals surface area contributed by atoms with E-state index in [0.717, 1.165) is 16.9 Å². The number of carbonyl (C=O) groups is 1. The van der Waals surface area contributed by atoms with Gasteiger partial charge in [-0.25, -0.2) is 0 Å². The second-order valence-electron chi connectivity index (χ2n) is 7.17. The molecule has 0 unspecified atom stereocenters. The summed E-state index contributed by atoms with van der Waals surface area (Å²) in [6.45, 7) is 10.9. The molecule has 2 aromatic rings. The van der Waals surface area contributed by atoms with Gasteiger partial charge in [0.05, 0.1) is 0 Å². The van der Waals surface area contributed by atoms with Crippen LogP contribution in [0.15, 0.2) is 48.5 Å². The monoisotopic (exact) mass is 325 g/mol. The van der Waals surface area contributed by atoms with Gasteiger partial charge in [-0.05, 0) is 63.4 Å². The van der Waals surface area contributed by atoms with Gasteiger partial charge in [-0.15, -0.1) is 0 Å². The Morgan fingerprint density at radius 1 is 1.00 bits per heavy atom. The van der Waals surface area contributed by atoms with E-state index in [4.69, 9.17) is 4.74 Å². The van der Waals surface area contributed by atoms with Crippen LogP contribution in [-0.4, -0.2) is 23.0 Å². The van der Waals surface area contributed by atoms with Gasteiger partial charge in [-0.3, -0.25) is 4.79 Å². The molecule has 0 radical (unpaired) electrons. The summed E-state index contributed by atoms with van der Waals surface area (Å²) in [5.41, 5.74) is 3.23. The van der Waals surface area contributed by atoms with E-state index in [1.54, 1.807) is 0 Å². The first-order valence-electron chi connectivity index (χ1n) is 8.32. The summed E-state index contributed by atoms with van der Waals surface area (Å²) in [5.74, 6) is 0.726. The van der Waals surface area contributed by atoms with Crippen LogP contribution in [-0.2, 0) is 11.3 Å². The van der Waals surface area contributed by atoms with Crippen LogP contribution in [0.4, 0.5) is 0 Å². The van der Waals surface area contributed by atoms with E-state index in [9.17, 15) is 4.79 Å². The topological polar surface area (TPSA) is 29.5 Å². The smallest absolute Gasteiger partial charge is 0.261 e. The molecule has 0 bridgehead atoms. The predicted octanol–water partition coefficient (Wildman–Crippen LogP) is 4.51. The van der Waals surface area contributed by atoms with Gasteiger partial charge >= 0.3 is 0 Å². The Morgan fingerprint density at radius 2 is 1.67 bits per heavy atom. The van der Waals surface area contributed by atoms with E-state index in [0.29, 0.717) is 6.54 Å². The Morgan fingerprint density at radius 3 is 2.25 bits per heavy atom. The predicted molar refractivity (Wildman–Crippen MR) is 98.2 cm³/mol. The molecule has 0 spiro atoms. The first-order valence-corrected chi connectivity index (χ1v) is 8.32. The maximum Gasteiger partial charge on any atom is 0.261 e. The van der Waals surface area contributed by atoms with E-state index >= 15 is 0 Å². The molecule has 0 heterocycles. The highest BCUT2D eigenvalue weighted by Crippen LogP contribution is 2.20. The van der Waals surface area contributed by atoms with E-state index in [-0.39, 0.29) is 18.1 Å². The third kappa shape index (κ3) is 4.85. The van der Waals surface area contributed by atoms with Crippen molar-refractivity contribution in [3.05, 3.63) is 65.2 Å². The van der Waals surface area contributed by atoms with Crippen LogP contribution in [0, 0.1) is 13.8 Å². The summed E-state index contributed by atoms with van der Waals surface area (Å²) in [5, 5.41) is 0. The Bertz CT molecular complexity index is 687. The van der Waals surface area contributed by atoms with Crippen molar-refractivity contribution < 1.29 is 9.53 Å². The molecule has 0 N–H and O–H groups in total. The molecule has 2 rings (SSSR count). The molecular weight excluding hydrogens is 298 g/mol. The van der Waals surface area contributed by atoms with E-state index < -0.39 is 0 Å². The first kappa shape index (κ1) is 18.1. The number of amides is 1. The normalized spacial score (nSPS) is 11.2. The average molecular weight is 325 g/mol. The van der Waals surface area contributed by atoms with Crippen molar-refractivity contribution >= 4 is 5.91 Å². The van der Waals surface area contributed by atoms with Gasteiger partial charge in [0.1, 0.15) is 5.75 Å². The van der Waals surface area contributed by atoms with E-state index in [2.05, 4.69) is 6.92 Å². The van der Waals surface area contributed by atoms with Crippen molar-refractivity contribution in [1.29, 1.82) is 0 Å². The fourth-order valence-corrected chi connectivity index (χ4v) is 2.49. The van der Waals surface area contributed by atoms with Gasteiger partial charge in [-0.2, -0.15) is 0 Å². The molecule has 0 aliphatic heterocycles. The van der Waals surface area contributed by atoms with Crippen LogP contribution in [0.1, 0.15) is 37.5 Å². The van der Waals surface area contributed by atoms with Gasteiger partial charge < -0.3 is 9.64 Å².